The first-order valence-electron chi connectivity index (χ1n) is 7.86. The largest absolute Gasteiger partial charge is 0.488 e. The van der Waals surface area contributed by atoms with Crippen LogP contribution in [0, 0.1) is 0 Å². The van der Waals surface area contributed by atoms with E-state index in [4.69, 9.17) is 51.1 Å². The van der Waals surface area contributed by atoms with Crippen LogP contribution in [0.1, 0.15) is 11.1 Å². The molecule has 26 heavy (non-hydrogen) atoms. The first-order chi connectivity index (χ1) is 12.5. The Hall–Kier alpha value is -1.58. The first-order valence-corrected chi connectivity index (χ1v) is 9.37. The van der Waals surface area contributed by atoms with Gasteiger partial charge in [0.2, 0.25) is 0 Å². The van der Waals surface area contributed by atoms with Gasteiger partial charge in [-0.2, -0.15) is 0 Å². The average Bonchev–Trinajstić information content (AvgIpc) is 2.59. The summed E-state index contributed by atoms with van der Waals surface area (Å²) >= 11 is 24.5. The molecule has 6 heteroatoms. The van der Waals surface area contributed by atoms with Crippen molar-refractivity contribution in [2.45, 2.75) is 13.2 Å². The molecule has 0 aliphatic rings. The second kappa shape index (κ2) is 8.88. The molecule has 3 rings (SSSR count). The van der Waals surface area contributed by atoms with Gasteiger partial charge in [0.05, 0.1) is 0 Å². The van der Waals surface area contributed by atoms with Gasteiger partial charge >= 0.3 is 0 Å². The molecule has 0 fully saturated rings. The van der Waals surface area contributed by atoms with E-state index in [2.05, 4.69) is 5.32 Å². The second-order valence-electron chi connectivity index (χ2n) is 5.61. The minimum atomic E-state index is 0.290. The third kappa shape index (κ3) is 4.99. The summed E-state index contributed by atoms with van der Waals surface area (Å²) < 4.78 is 5.96. The molecular formula is C20H15Cl4NO. The van der Waals surface area contributed by atoms with Gasteiger partial charge in [-0.1, -0.05) is 70.7 Å². The van der Waals surface area contributed by atoms with Gasteiger partial charge < -0.3 is 10.1 Å². The molecule has 0 atom stereocenters. The van der Waals surface area contributed by atoms with E-state index in [0.29, 0.717) is 33.2 Å². The lowest BCUT2D eigenvalue weighted by molar-refractivity contribution is 0.303. The number of halogens is 4. The highest BCUT2D eigenvalue weighted by Crippen LogP contribution is 2.28. The second-order valence-corrected chi connectivity index (χ2v) is 7.30. The fourth-order valence-electron chi connectivity index (χ4n) is 2.46. The van der Waals surface area contributed by atoms with Gasteiger partial charge in [-0.15, -0.1) is 0 Å². The molecule has 3 aromatic rings. The molecule has 0 aliphatic heterocycles. The van der Waals surface area contributed by atoms with Crippen molar-refractivity contribution in [1.82, 2.24) is 0 Å². The maximum absolute atomic E-state index is 6.20. The number of hydrogen-bond donors (Lipinski definition) is 1. The summed E-state index contributed by atoms with van der Waals surface area (Å²) in [5.74, 6) is 0.754. The molecule has 3 aromatic carbocycles. The summed E-state index contributed by atoms with van der Waals surface area (Å²) in [6, 6.07) is 18.5. The van der Waals surface area contributed by atoms with Crippen molar-refractivity contribution in [3.8, 4) is 5.75 Å². The molecule has 134 valence electrons. The number of hydrogen-bond acceptors (Lipinski definition) is 2. The number of ether oxygens (including phenoxy) is 1. The number of benzene rings is 3. The standard InChI is InChI=1S/C20H15Cl4NO/c21-14-8-15(22)10-16(9-14)25-11-13-4-1-2-7-20(13)26-12-17-18(23)5-3-6-19(17)24/h1-10,25H,11-12H2. The highest BCUT2D eigenvalue weighted by Gasteiger charge is 2.09. The molecule has 0 spiro atoms. The summed E-state index contributed by atoms with van der Waals surface area (Å²) in [4.78, 5) is 0. The average molecular weight is 427 g/mol. The molecule has 0 bridgehead atoms. The molecule has 0 heterocycles. The van der Waals surface area contributed by atoms with Gasteiger partial charge in [0.15, 0.2) is 0 Å². The molecule has 0 saturated carbocycles. The summed E-state index contributed by atoms with van der Waals surface area (Å²) in [6.45, 7) is 0.849. The number of rotatable bonds is 6. The van der Waals surface area contributed by atoms with Gasteiger partial charge in [-0.05, 0) is 36.4 Å². The van der Waals surface area contributed by atoms with Crippen molar-refractivity contribution in [1.29, 1.82) is 0 Å². The van der Waals surface area contributed by atoms with Crippen LogP contribution in [0.3, 0.4) is 0 Å². The minimum Gasteiger partial charge on any atom is -0.488 e. The zero-order valence-corrected chi connectivity index (χ0v) is 16.6. The van der Waals surface area contributed by atoms with Crippen LogP contribution >= 0.6 is 46.4 Å². The van der Waals surface area contributed by atoms with Crippen LogP contribution in [0.25, 0.3) is 0 Å². The summed E-state index contributed by atoms with van der Waals surface area (Å²) in [6.07, 6.45) is 0. The van der Waals surface area contributed by atoms with Crippen LogP contribution in [0.4, 0.5) is 5.69 Å². The zero-order valence-electron chi connectivity index (χ0n) is 13.6. The summed E-state index contributed by atoms with van der Waals surface area (Å²) in [7, 11) is 0. The smallest absolute Gasteiger partial charge is 0.124 e. The van der Waals surface area contributed by atoms with Crippen LogP contribution < -0.4 is 10.1 Å². The van der Waals surface area contributed by atoms with Crippen LogP contribution in [0.5, 0.6) is 5.75 Å². The van der Waals surface area contributed by atoms with Crippen molar-refractivity contribution in [2.24, 2.45) is 0 Å². The number of anilines is 1. The van der Waals surface area contributed by atoms with Crippen molar-refractivity contribution in [3.05, 3.63) is 91.9 Å². The van der Waals surface area contributed by atoms with E-state index in [0.717, 1.165) is 22.6 Å². The van der Waals surface area contributed by atoms with E-state index >= 15 is 0 Å². The highest BCUT2D eigenvalue weighted by atomic mass is 35.5. The maximum Gasteiger partial charge on any atom is 0.124 e. The van der Waals surface area contributed by atoms with Crippen LogP contribution in [0.15, 0.2) is 60.7 Å². The Kier molecular flexibility index (Phi) is 6.55. The van der Waals surface area contributed by atoms with E-state index in [1.165, 1.54) is 0 Å². The molecule has 2 nitrogen and oxygen atoms in total. The SMILES string of the molecule is Clc1cc(Cl)cc(NCc2ccccc2OCc2c(Cl)cccc2Cl)c1. The van der Waals surface area contributed by atoms with Crippen LogP contribution in [-0.4, -0.2) is 0 Å². The Morgan fingerprint density at radius 1 is 0.769 bits per heavy atom. The van der Waals surface area contributed by atoms with E-state index in [9.17, 15) is 0 Å². The first kappa shape index (κ1) is 19.2. The molecule has 0 radical (unpaired) electrons. The topological polar surface area (TPSA) is 21.3 Å². The Balaban J connectivity index is 1.72. The molecule has 0 saturated heterocycles. The predicted octanol–water partition coefficient (Wildman–Crippen LogP) is 7.49. The van der Waals surface area contributed by atoms with Crippen molar-refractivity contribution in [2.75, 3.05) is 5.32 Å². The Labute approximate surface area is 172 Å². The van der Waals surface area contributed by atoms with Gasteiger partial charge in [0, 0.05) is 43.4 Å². The van der Waals surface area contributed by atoms with Crippen LogP contribution in [-0.2, 0) is 13.2 Å². The zero-order chi connectivity index (χ0) is 18.5. The van der Waals surface area contributed by atoms with Gasteiger partial charge in [-0.25, -0.2) is 0 Å². The fourth-order valence-corrected chi connectivity index (χ4v) is 3.50. The van der Waals surface area contributed by atoms with E-state index < -0.39 is 0 Å². The van der Waals surface area contributed by atoms with E-state index in [1.54, 1.807) is 18.2 Å². The maximum atomic E-state index is 6.20. The summed E-state index contributed by atoms with van der Waals surface area (Å²) in [5, 5.41) is 5.64. The number of nitrogens with one attached hydrogen (secondary N) is 1. The van der Waals surface area contributed by atoms with E-state index in [-0.39, 0.29) is 0 Å². The lowest BCUT2D eigenvalue weighted by Crippen LogP contribution is -2.04. The minimum absolute atomic E-state index is 0.290. The molecule has 0 amide bonds. The van der Waals surface area contributed by atoms with Crippen molar-refractivity contribution < 1.29 is 4.74 Å². The fraction of sp³-hybridized carbons (Fsp3) is 0.100. The molecular weight excluding hydrogens is 412 g/mol. The van der Waals surface area contributed by atoms with Crippen LogP contribution in [0.2, 0.25) is 20.1 Å². The highest BCUT2D eigenvalue weighted by molar-refractivity contribution is 6.36. The van der Waals surface area contributed by atoms with E-state index in [1.807, 2.05) is 42.5 Å². The molecule has 0 aliphatic carbocycles. The lowest BCUT2D eigenvalue weighted by atomic mass is 10.2. The molecule has 0 unspecified atom stereocenters. The van der Waals surface area contributed by atoms with Crippen molar-refractivity contribution in [3.63, 3.8) is 0 Å². The number of para-hydroxylation sites is 1. The Morgan fingerprint density at radius 2 is 1.42 bits per heavy atom. The van der Waals surface area contributed by atoms with Gasteiger partial charge in [-0.3, -0.25) is 0 Å². The third-order valence-electron chi connectivity index (χ3n) is 3.75. The normalized spacial score (nSPS) is 10.6. The lowest BCUT2D eigenvalue weighted by Gasteiger charge is -2.14. The molecule has 0 aromatic heterocycles. The Morgan fingerprint density at radius 3 is 2.12 bits per heavy atom. The Bertz CT molecular complexity index is 874. The summed E-state index contributed by atoms with van der Waals surface area (Å²) in [5.41, 5.74) is 2.60. The quantitative estimate of drug-likeness (QED) is 0.440. The van der Waals surface area contributed by atoms with Gasteiger partial charge in [0.25, 0.3) is 0 Å². The molecule has 1 N–H and O–H groups in total. The third-order valence-corrected chi connectivity index (χ3v) is 4.90. The monoisotopic (exact) mass is 425 g/mol. The van der Waals surface area contributed by atoms with Gasteiger partial charge in [0.1, 0.15) is 12.4 Å². The predicted molar refractivity (Wildman–Crippen MR) is 111 cm³/mol. The van der Waals surface area contributed by atoms with Crippen molar-refractivity contribution >= 4 is 52.1 Å².